The maximum absolute atomic E-state index is 13.3. The molecule has 4 N–H and O–H groups in total. The summed E-state index contributed by atoms with van der Waals surface area (Å²) in [5, 5.41) is 70.1. The Morgan fingerprint density at radius 1 is 0.392 bits per heavy atom. The number of allylic oxidation sites excluding steroid dienone is 4. The lowest BCUT2D eigenvalue weighted by atomic mass is 9.51. The van der Waals surface area contributed by atoms with Gasteiger partial charge in [-0.3, -0.25) is 52.8 Å². The van der Waals surface area contributed by atoms with E-state index in [1.807, 2.05) is 75.7 Å². The molecule has 16 aliphatic rings. The van der Waals surface area contributed by atoms with E-state index in [-0.39, 0.29) is 81.5 Å². The van der Waals surface area contributed by atoms with Gasteiger partial charge in [0.25, 0.3) is 0 Å². The number of ketones is 5. The number of hydrogen-bond donors (Lipinski definition) is 4. The molecule has 20 heteroatoms. The Hall–Kier alpha value is -6.61. The van der Waals surface area contributed by atoms with Gasteiger partial charge in [0.2, 0.25) is 0 Å². The van der Waals surface area contributed by atoms with Crippen molar-refractivity contribution in [3.05, 3.63) is 123 Å². The molecule has 16 aliphatic carbocycles. The van der Waals surface area contributed by atoms with E-state index in [1.54, 1.807) is 16.9 Å². The number of carbonyl (C=O) groups excluding carboxylic acids is 5. The minimum Gasteiger partial charge on any atom is -0.390 e. The van der Waals surface area contributed by atoms with E-state index in [9.17, 15) is 54.5 Å². The molecular weight excluding hydrogens is 1500 g/mol. The molecule has 4 aromatic heterocycles. The summed E-state index contributed by atoms with van der Waals surface area (Å²) in [6.07, 6.45) is 56.0. The van der Waals surface area contributed by atoms with Gasteiger partial charge in [0.1, 0.15) is 24.6 Å². The van der Waals surface area contributed by atoms with Gasteiger partial charge in [-0.2, -0.15) is 20.4 Å². The van der Waals surface area contributed by atoms with E-state index < -0.39 is 27.3 Å². The van der Waals surface area contributed by atoms with E-state index in [1.165, 1.54) is 97.7 Å². The Morgan fingerprint density at radius 2 is 0.675 bits per heavy atom. The number of carbonyl (C=O) groups is 5. The maximum atomic E-state index is 13.3. The number of Topliss-reactive ketones (excluding diaryl/α,β-unsaturated/α-hetero) is 5. The predicted molar refractivity (Wildman–Crippen MR) is 460 cm³/mol. The van der Waals surface area contributed by atoms with Gasteiger partial charge >= 0.3 is 5.69 Å². The van der Waals surface area contributed by atoms with Gasteiger partial charge < -0.3 is 20.4 Å². The lowest BCUT2D eigenvalue weighted by molar-refractivity contribution is -0.385. The Bertz CT molecular complexity index is 4400. The molecule has 4 heterocycles. The molecule has 0 bridgehead atoms. The molecule has 20 rings (SSSR count). The molecule has 0 spiro atoms. The third kappa shape index (κ3) is 16.2. The van der Waals surface area contributed by atoms with Crippen LogP contribution in [0.5, 0.6) is 0 Å². The first-order valence-electron chi connectivity index (χ1n) is 47.3. The normalized spacial score (nSPS) is 42.7. The van der Waals surface area contributed by atoms with E-state index in [0.717, 1.165) is 195 Å². The zero-order valence-corrected chi connectivity index (χ0v) is 74.1. The van der Waals surface area contributed by atoms with Crippen molar-refractivity contribution in [2.75, 3.05) is 0 Å². The van der Waals surface area contributed by atoms with Crippen LogP contribution < -0.4 is 0 Å². The monoisotopic (exact) mass is 1640 g/mol. The Balaban J connectivity index is 0.000000114. The number of nitrogens with zero attached hydrogens (tertiary/aromatic N) is 9. The molecule has 12 fully saturated rings. The first kappa shape index (κ1) is 85.6. The molecule has 652 valence electrons. The van der Waals surface area contributed by atoms with Crippen molar-refractivity contribution in [1.29, 1.82) is 0 Å². The third-order valence-corrected chi connectivity index (χ3v) is 37.0. The van der Waals surface area contributed by atoms with E-state index in [0.29, 0.717) is 95.4 Å². The van der Waals surface area contributed by atoms with Crippen molar-refractivity contribution in [3.8, 4) is 0 Å². The summed E-state index contributed by atoms with van der Waals surface area (Å²) in [4.78, 5) is 75.0. The molecule has 0 unspecified atom stereocenters. The van der Waals surface area contributed by atoms with Crippen LogP contribution in [0.4, 0.5) is 5.69 Å². The highest BCUT2D eigenvalue weighted by atomic mass is 16.6. The van der Waals surface area contributed by atoms with Gasteiger partial charge in [0.15, 0.2) is 28.9 Å². The second-order valence-electron chi connectivity index (χ2n) is 44.7. The number of aryl methyl sites for hydroxylation is 2. The fraction of sp³-hybridized carbons (Fsp3) is 0.750. The van der Waals surface area contributed by atoms with Crippen LogP contribution in [0.25, 0.3) is 0 Å². The lowest BCUT2D eigenvalue weighted by Crippen LogP contribution is -2.48. The average molecular weight is 1650 g/mol. The summed E-state index contributed by atoms with van der Waals surface area (Å²) in [6, 6.07) is 1.70. The molecule has 28 atom stereocenters. The fourth-order valence-electron chi connectivity index (χ4n) is 31.3. The summed E-state index contributed by atoms with van der Waals surface area (Å²) < 4.78 is 6.71. The largest absolute Gasteiger partial charge is 0.390 e. The summed E-state index contributed by atoms with van der Waals surface area (Å²) >= 11 is 0. The number of rotatable bonds is 14. The summed E-state index contributed by atoms with van der Waals surface area (Å²) in [5.74, 6) is 12.5. The lowest BCUT2D eigenvalue weighted by Gasteiger charge is -2.54. The van der Waals surface area contributed by atoms with Crippen LogP contribution in [0, 0.1) is 164 Å². The van der Waals surface area contributed by atoms with E-state index in [4.69, 9.17) is 0 Å². The van der Waals surface area contributed by atoms with Crippen molar-refractivity contribution < 1.29 is 49.3 Å². The van der Waals surface area contributed by atoms with Gasteiger partial charge in [-0.25, -0.2) is 0 Å². The van der Waals surface area contributed by atoms with Gasteiger partial charge in [-0.15, -0.1) is 0 Å². The number of hydrogen-bond acceptors (Lipinski definition) is 15. The number of aliphatic hydroxyl groups is 4. The molecule has 0 aliphatic heterocycles. The number of nitro groups is 1. The van der Waals surface area contributed by atoms with Gasteiger partial charge in [-0.05, 0) is 381 Å². The molecule has 0 amide bonds. The average Bonchev–Trinajstić information content (AvgIpc) is 1.52. The van der Waals surface area contributed by atoms with Gasteiger partial charge in [0, 0.05) is 49.2 Å². The second-order valence-corrected chi connectivity index (χ2v) is 44.7. The molecule has 0 aromatic carbocycles. The van der Waals surface area contributed by atoms with Crippen LogP contribution >= 0.6 is 0 Å². The molecular formula is C100H141N9O11. The van der Waals surface area contributed by atoms with Crippen LogP contribution in [0.3, 0.4) is 0 Å². The summed E-state index contributed by atoms with van der Waals surface area (Å²) in [7, 11) is 0. The minimum atomic E-state index is -0.551. The first-order valence-corrected chi connectivity index (χ1v) is 47.3. The topological polar surface area (TPSA) is 281 Å². The first-order chi connectivity index (χ1) is 56.9. The van der Waals surface area contributed by atoms with Crippen molar-refractivity contribution in [1.82, 2.24) is 39.1 Å². The summed E-state index contributed by atoms with van der Waals surface area (Å²) in [5.41, 5.74) is 6.97. The second kappa shape index (κ2) is 32.4. The standard InChI is InChI=1S/C26H36N2O3.2C25H36N2O2.C24H33N3O4/c1-16(29)23-10-13-28(27-23)15-24(30)22-7-6-21-20-5-4-17-14-25(2,31)11-8-18(17)19(20)9-12-26(21,22)3;2*1-16-13-26-27(14-16)15-23(28)22-7-6-21-20-5-4-17-12-24(2,29)10-8-18(17)19(20)9-11-25(21,22)3;1-23(29)9-7-17-15(11-23)3-4-19-18(17)8-10-24(2)20(19)5-6-21(24)22(28)14-26-13-16(12-25-26)27(30)31/h4,10,13,18-22,31H,5-9,11-12,14-15H2,1-3H3;2*4,13-14,18-22,29H,5-12,15H2,1-3H3;3,12-13,17-21,29H,4-11,14H2,1-2H3/t18-,19+,20+,21-,22+,25+,26-;2*18-,19+,20+,21-,22+,24+,25-;17-,18+,19+,20-,21+,23+,24-/m0000/s1. The Morgan fingerprint density at radius 3 is 0.933 bits per heavy atom. The number of fused-ring (bicyclic) bond motifs is 20. The van der Waals surface area contributed by atoms with E-state index >= 15 is 0 Å². The predicted octanol–water partition coefficient (Wildman–Crippen LogP) is 18.3. The van der Waals surface area contributed by atoms with Crippen LogP contribution in [0.15, 0.2) is 96.0 Å². The van der Waals surface area contributed by atoms with Crippen molar-refractivity contribution >= 4 is 34.6 Å². The van der Waals surface area contributed by atoms with Gasteiger partial charge in [-0.1, -0.05) is 74.3 Å². The van der Waals surface area contributed by atoms with Crippen LogP contribution in [0.2, 0.25) is 0 Å². The fourth-order valence-corrected chi connectivity index (χ4v) is 31.3. The van der Waals surface area contributed by atoms with E-state index in [2.05, 4.69) is 72.4 Å². The molecule has 20 nitrogen and oxygen atoms in total. The van der Waals surface area contributed by atoms with Crippen LogP contribution in [-0.4, -0.2) is 116 Å². The summed E-state index contributed by atoms with van der Waals surface area (Å²) in [6.45, 7) is 24.3. The smallest absolute Gasteiger partial charge is 0.307 e. The minimum absolute atomic E-state index is 0.0131. The zero-order valence-electron chi connectivity index (χ0n) is 74.1. The number of aromatic nitrogens is 8. The molecule has 120 heavy (non-hydrogen) atoms. The zero-order chi connectivity index (χ0) is 84.7. The maximum Gasteiger partial charge on any atom is 0.307 e. The Kier molecular flexibility index (Phi) is 23.1. The molecule has 4 aromatic rings. The molecule has 0 radical (unpaired) electrons. The quantitative estimate of drug-likeness (QED) is 0.0395. The third-order valence-electron chi connectivity index (χ3n) is 37.0. The van der Waals surface area contributed by atoms with Gasteiger partial charge in [0.05, 0.1) is 59.4 Å². The van der Waals surface area contributed by atoms with Crippen LogP contribution in [-0.2, 0) is 45.4 Å². The van der Waals surface area contributed by atoms with Crippen LogP contribution in [0.1, 0.15) is 289 Å². The SMILES string of the molecule is CC(=O)c1ccn(CC(=O)[C@H]2CC[C@H]3[C@@H]4CC=C5C[C@](C)(O)CC[C@@H]5[C@H]4CC[C@]23C)n1.C[C@@]1(O)CC[C@H]2C(=CC[C@@H]3[C@@H]2CC[C@]2(C)[C@@H](C(=O)Cn4cc([N+](=O)[O-])cn4)CC[C@@H]32)C1.Cc1cnn(CC(=O)[C@H]2CC[C@H]3[C@@H]4CC=C5C[C@](C)(O)CC[C@@H]5[C@H]4CC[C@]23C)c1.Cc1cnn(CC(=O)[C@H]2CC[C@H]3[C@@H]4CC=C5C[C@](C)(O)CC[C@@H]5[C@H]4CC[C@]23C)c1. The Labute approximate surface area is 712 Å². The highest BCUT2D eigenvalue weighted by molar-refractivity contribution is 5.92. The van der Waals surface area contributed by atoms with Crippen molar-refractivity contribution in [2.24, 2.45) is 140 Å². The highest BCUT2D eigenvalue weighted by Crippen LogP contribution is 2.69. The van der Waals surface area contributed by atoms with Crippen molar-refractivity contribution in [3.63, 3.8) is 0 Å². The highest BCUT2D eigenvalue weighted by Gasteiger charge is 2.63. The molecule has 12 saturated carbocycles. The van der Waals surface area contributed by atoms with Crippen molar-refractivity contribution in [2.45, 2.75) is 330 Å². The molecule has 0 saturated heterocycles.